The first-order chi connectivity index (χ1) is 12.2. The predicted molar refractivity (Wildman–Crippen MR) is 89.2 cm³/mol. The van der Waals surface area contributed by atoms with Crippen molar-refractivity contribution in [2.45, 2.75) is 25.3 Å². The maximum Gasteiger partial charge on any atom is 0.260 e. The molecule has 130 valence electrons. The Balaban J connectivity index is 1.48. The van der Waals surface area contributed by atoms with Gasteiger partial charge in [-0.1, -0.05) is 12.1 Å². The van der Waals surface area contributed by atoms with Gasteiger partial charge in [-0.3, -0.25) is 14.9 Å². The summed E-state index contributed by atoms with van der Waals surface area (Å²) >= 11 is 0. The van der Waals surface area contributed by atoms with E-state index in [9.17, 15) is 9.59 Å². The van der Waals surface area contributed by atoms with Crippen molar-refractivity contribution < 1.29 is 14.3 Å². The second kappa shape index (κ2) is 6.54. The lowest BCUT2D eigenvalue weighted by Gasteiger charge is -2.24. The van der Waals surface area contributed by atoms with Gasteiger partial charge < -0.3 is 9.64 Å². The number of anilines is 1. The number of rotatable bonds is 4. The van der Waals surface area contributed by atoms with Crippen LogP contribution in [0.25, 0.3) is 0 Å². The van der Waals surface area contributed by atoms with E-state index in [4.69, 9.17) is 4.74 Å². The highest BCUT2D eigenvalue weighted by molar-refractivity contribution is 5.91. The van der Waals surface area contributed by atoms with Crippen LogP contribution in [0.2, 0.25) is 0 Å². The molecule has 2 amide bonds. The number of fused-ring (bicyclic) bond motifs is 1. The lowest BCUT2D eigenvalue weighted by atomic mass is 10.0. The average molecular weight is 341 g/mol. The van der Waals surface area contributed by atoms with Crippen molar-refractivity contribution in [3.05, 3.63) is 36.2 Å². The standard InChI is InChI=1S/C17H19N5O3/c23-15-9-14(22-17(20-15)18-11-19-22)12-4-3-5-13(8-12)25-10-16(24)21-6-1-2-7-21/h3-5,8,11,14H,1-2,6-7,9-10H2,(H,18,19,20,23)/t14-/m1/s1. The van der Waals surface area contributed by atoms with Crippen molar-refractivity contribution in [3.8, 4) is 5.75 Å². The molecule has 8 nitrogen and oxygen atoms in total. The average Bonchev–Trinajstić information content (AvgIpc) is 3.30. The van der Waals surface area contributed by atoms with Crippen LogP contribution in [0.15, 0.2) is 30.6 Å². The lowest BCUT2D eigenvalue weighted by molar-refractivity contribution is -0.132. The van der Waals surface area contributed by atoms with Gasteiger partial charge in [0.25, 0.3) is 5.91 Å². The van der Waals surface area contributed by atoms with Gasteiger partial charge in [-0.15, -0.1) is 0 Å². The van der Waals surface area contributed by atoms with Crippen LogP contribution in [0.3, 0.4) is 0 Å². The van der Waals surface area contributed by atoms with Crippen LogP contribution in [0.5, 0.6) is 5.75 Å². The summed E-state index contributed by atoms with van der Waals surface area (Å²) < 4.78 is 7.36. The number of hydrogen-bond donors (Lipinski definition) is 1. The van der Waals surface area contributed by atoms with Gasteiger partial charge in [0.1, 0.15) is 12.1 Å². The topological polar surface area (TPSA) is 89.4 Å². The predicted octanol–water partition coefficient (Wildman–Crippen LogP) is 1.21. The third kappa shape index (κ3) is 3.19. The molecular weight excluding hydrogens is 322 g/mol. The molecule has 25 heavy (non-hydrogen) atoms. The van der Waals surface area contributed by atoms with Crippen molar-refractivity contribution in [3.63, 3.8) is 0 Å². The molecule has 1 aromatic heterocycles. The highest BCUT2D eigenvalue weighted by Crippen LogP contribution is 2.30. The zero-order valence-electron chi connectivity index (χ0n) is 13.7. The number of carbonyl (C=O) groups is 2. The van der Waals surface area contributed by atoms with E-state index in [0.717, 1.165) is 31.5 Å². The molecule has 0 unspecified atom stereocenters. The molecule has 0 radical (unpaired) electrons. The minimum Gasteiger partial charge on any atom is -0.484 e. The molecule has 0 spiro atoms. The summed E-state index contributed by atoms with van der Waals surface area (Å²) in [6.07, 6.45) is 3.83. The number of likely N-dealkylation sites (tertiary alicyclic amines) is 1. The first-order valence-corrected chi connectivity index (χ1v) is 8.40. The van der Waals surface area contributed by atoms with Crippen LogP contribution in [0.4, 0.5) is 5.95 Å². The second-order valence-electron chi connectivity index (χ2n) is 6.25. The number of nitrogens with one attached hydrogen (secondary N) is 1. The van der Waals surface area contributed by atoms with E-state index in [0.29, 0.717) is 11.7 Å². The van der Waals surface area contributed by atoms with E-state index in [2.05, 4.69) is 15.4 Å². The molecule has 0 aliphatic carbocycles. The van der Waals surface area contributed by atoms with E-state index in [1.54, 1.807) is 4.68 Å². The molecule has 2 aliphatic rings. The maximum absolute atomic E-state index is 12.1. The normalized spacial score (nSPS) is 19.4. The molecule has 1 N–H and O–H groups in total. The minimum absolute atomic E-state index is 0.0125. The molecule has 0 saturated carbocycles. The van der Waals surface area contributed by atoms with E-state index in [1.165, 1.54) is 6.33 Å². The van der Waals surface area contributed by atoms with E-state index >= 15 is 0 Å². The third-order valence-electron chi connectivity index (χ3n) is 4.56. The molecule has 1 saturated heterocycles. The van der Waals surface area contributed by atoms with Crippen LogP contribution < -0.4 is 10.1 Å². The molecule has 2 aliphatic heterocycles. The Morgan fingerprint density at radius 1 is 1.32 bits per heavy atom. The van der Waals surface area contributed by atoms with Crippen molar-refractivity contribution >= 4 is 17.8 Å². The quantitative estimate of drug-likeness (QED) is 0.903. The van der Waals surface area contributed by atoms with Crippen molar-refractivity contribution in [2.24, 2.45) is 0 Å². The molecular formula is C17H19N5O3. The number of nitrogens with zero attached hydrogens (tertiary/aromatic N) is 4. The molecule has 2 aromatic rings. The van der Waals surface area contributed by atoms with Crippen LogP contribution in [0, 0.1) is 0 Å². The SMILES string of the molecule is O=C1C[C@H](c2cccc(OCC(=O)N3CCCC3)c2)n2ncnc2N1. The monoisotopic (exact) mass is 341 g/mol. The van der Waals surface area contributed by atoms with E-state index in [-0.39, 0.29) is 30.9 Å². The van der Waals surface area contributed by atoms with Gasteiger partial charge in [0.15, 0.2) is 6.61 Å². The second-order valence-corrected chi connectivity index (χ2v) is 6.25. The Labute approximate surface area is 144 Å². The van der Waals surface area contributed by atoms with Gasteiger partial charge in [0.2, 0.25) is 11.9 Å². The van der Waals surface area contributed by atoms with Crippen LogP contribution in [-0.2, 0) is 9.59 Å². The van der Waals surface area contributed by atoms with Crippen molar-refractivity contribution in [1.82, 2.24) is 19.7 Å². The number of aromatic nitrogens is 3. The number of ether oxygens (including phenoxy) is 1. The highest BCUT2D eigenvalue weighted by Gasteiger charge is 2.28. The first kappa shape index (κ1) is 15.6. The van der Waals surface area contributed by atoms with Gasteiger partial charge in [-0.05, 0) is 30.5 Å². The fourth-order valence-electron chi connectivity index (χ4n) is 3.28. The van der Waals surface area contributed by atoms with Gasteiger partial charge in [-0.2, -0.15) is 10.1 Å². The summed E-state index contributed by atoms with van der Waals surface area (Å²) in [6, 6.07) is 7.21. The summed E-state index contributed by atoms with van der Waals surface area (Å²) in [6.45, 7) is 1.66. The fourth-order valence-corrected chi connectivity index (χ4v) is 3.28. The highest BCUT2D eigenvalue weighted by atomic mass is 16.5. The Morgan fingerprint density at radius 3 is 3.00 bits per heavy atom. The molecule has 4 rings (SSSR count). The Bertz CT molecular complexity index is 797. The smallest absolute Gasteiger partial charge is 0.260 e. The number of amides is 2. The van der Waals surface area contributed by atoms with Gasteiger partial charge in [-0.25, -0.2) is 4.68 Å². The maximum atomic E-state index is 12.1. The van der Waals surface area contributed by atoms with Gasteiger partial charge in [0.05, 0.1) is 12.5 Å². The summed E-state index contributed by atoms with van der Waals surface area (Å²) in [5.74, 6) is 0.967. The zero-order chi connectivity index (χ0) is 17.2. The third-order valence-corrected chi connectivity index (χ3v) is 4.56. The van der Waals surface area contributed by atoms with Crippen LogP contribution >= 0.6 is 0 Å². The lowest BCUT2D eigenvalue weighted by Crippen LogP contribution is -2.32. The van der Waals surface area contributed by atoms with Gasteiger partial charge >= 0.3 is 0 Å². The molecule has 1 fully saturated rings. The van der Waals surface area contributed by atoms with Crippen LogP contribution in [0.1, 0.15) is 30.9 Å². The van der Waals surface area contributed by atoms with E-state index < -0.39 is 0 Å². The largest absolute Gasteiger partial charge is 0.484 e. The number of hydrogen-bond acceptors (Lipinski definition) is 5. The van der Waals surface area contributed by atoms with E-state index in [1.807, 2.05) is 29.2 Å². The van der Waals surface area contributed by atoms with Crippen LogP contribution in [-0.4, -0.2) is 51.2 Å². The Hall–Kier alpha value is -2.90. The van der Waals surface area contributed by atoms with Crippen molar-refractivity contribution in [2.75, 3.05) is 25.0 Å². The molecule has 8 heteroatoms. The molecule has 3 heterocycles. The summed E-state index contributed by atoms with van der Waals surface area (Å²) in [4.78, 5) is 29.9. The van der Waals surface area contributed by atoms with Gasteiger partial charge in [0, 0.05) is 13.1 Å². The molecule has 1 atom stereocenters. The zero-order valence-corrected chi connectivity index (χ0v) is 13.7. The first-order valence-electron chi connectivity index (χ1n) is 8.40. The minimum atomic E-state index is -0.232. The summed E-state index contributed by atoms with van der Waals surface area (Å²) in [7, 11) is 0. The molecule has 0 bridgehead atoms. The summed E-state index contributed by atoms with van der Waals surface area (Å²) in [5, 5.41) is 6.89. The molecule has 1 aromatic carbocycles. The number of carbonyl (C=O) groups excluding carboxylic acids is 2. The Kier molecular flexibility index (Phi) is 4.09. The summed E-state index contributed by atoms with van der Waals surface area (Å²) in [5.41, 5.74) is 0.896. The fraction of sp³-hybridized carbons (Fsp3) is 0.412. The van der Waals surface area contributed by atoms with Crippen molar-refractivity contribution in [1.29, 1.82) is 0 Å². The number of benzene rings is 1. The Morgan fingerprint density at radius 2 is 2.16 bits per heavy atom.